The number of halogens is 1. The van der Waals surface area contributed by atoms with E-state index in [1.807, 2.05) is 6.07 Å². The van der Waals surface area contributed by atoms with E-state index in [0.717, 1.165) is 22.3 Å². The van der Waals surface area contributed by atoms with E-state index in [9.17, 15) is 4.79 Å². The van der Waals surface area contributed by atoms with Gasteiger partial charge in [0.15, 0.2) is 11.5 Å². The van der Waals surface area contributed by atoms with Crippen molar-refractivity contribution in [2.45, 2.75) is 39.0 Å². The number of carbonyl (C=O) groups is 1. The van der Waals surface area contributed by atoms with E-state index in [0.29, 0.717) is 25.6 Å². The fourth-order valence-electron chi connectivity index (χ4n) is 2.44. The van der Waals surface area contributed by atoms with Crippen molar-refractivity contribution in [1.29, 1.82) is 0 Å². The first-order chi connectivity index (χ1) is 9.06. The lowest BCUT2D eigenvalue weighted by Crippen LogP contribution is -2.17. The molecule has 0 radical (unpaired) electrons. The lowest BCUT2D eigenvalue weighted by Gasteiger charge is -2.26. The fourth-order valence-corrected chi connectivity index (χ4v) is 3.44. The normalized spacial score (nSPS) is 15.4. The first kappa shape index (κ1) is 14.4. The molecule has 0 fully saturated rings. The quantitative estimate of drug-likeness (QED) is 0.783. The van der Waals surface area contributed by atoms with Gasteiger partial charge in [0.2, 0.25) is 0 Å². The molecule has 0 aromatic heterocycles. The molecule has 19 heavy (non-hydrogen) atoms. The summed E-state index contributed by atoms with van der Waals surface area (Å²) in [5, 5.41) is 0. The van der Waals surface area contributed by atoms with E-state index in [-0.39, 0.29) is 5.92 Å². The lowest BCUT2D eigenvalue weighted by atomic mass is 9.88. The Morgan fingerprint density at radius 2 is 2.00 bits per heavy atom. The summed E-state index contributed by atoms with van der Waals surface area (Å²) in [5.41, 5.74) is 2.37. The molecular weight excluding hydrogens is 308 g/mol. The number of ether oxygens (including phenoxy) is 2. The average molecular weight is 327 g/mol. The van der Waals surface area contributed by atoms with E-state index in [4.69, 9.17) is 9.47 Å². The molecule has 0 N–H and O–H groups in total. The van der Waals surface area contributed by atoms with Crippen LogP contribution in [0.2, 0.25) is 0 Å². The maximum Gasteiger partial charge on any atom is 0.175 e. The molecule has 4 heteroatoms. The van der Waals surface area contributed by atoms with Gasteiger partial charge in [0.05, 0.1) is 4.47 Å². The van der Waals surface area contributed by atoms with Crippen LogP contribution >= 0.6 is 15.9 Å². The number of hydrogen-bond acceptors (Lipinski definition) is 3. The van der Waals surface area contributed by atoms with Crippen molar-refractivity contribution in [3.8, 4) is 11.5 Å². The van der Waals surface area contributed by atoms with Gasteiger partial charge < -0.3 is 14.3 Å². The highest BCUT2D eigenvalue weighted by Crippen LogP contribution is 2.46. The highest BCUT2D eigenvalue weighted by Gasteiger charge is 2.25. The highest BCUT2D eigenvalue weighted by atomic mass is 79.9. The smallest absolute Gasteiger partial charge is 0.175 e. The molecule has 0 spiro atoms. The summed E-state index contributed by atoms with van der Waals surface area (Å²) in [4.78, 5) is 10.8. The molecule has 1 atom stereocenters. The summed E-state index contributed by atoms with van der Waals surface area (Å²) >= 11 is 3.64. The summed E-state index contributed by atoms with van der Waals surface area (Å²) < 4.78 is 12.3. The minimum atomic E-state index is 0.182. The minimum absolute atomic E-state index is 0.182. The summed E-state index contributed by atoms with van der Waals surface area (Å²) in [7, 11) is 0. The number of benzene rings is 1. The number of aldehydes is 1. The van der Waals surface area contributed by atoms with Crippen LogP contribution in [-0.4, -0.2) is 19.5 Å². The molecule has 0 amide bonds. The van der Waals surface area contributed by atoms with Crippen molar-refractivity contribution in [3.05, 3.63) is 21.7 Å². The van der Waals surface area contributed by atoms with Gasteiger partial charge in [0.1, 0.15) is 19.5 Å². The van der Waals surface area contributed by atoms with E-state index in [1.165, 1.54) is 11.1 Å². The maximum absolute atomic E-state index is 10.8. The third kappa shape index (κ3) is 2.78. The summed E-state index contributed by atoms with van der Waals surface area (Å²) in [5.74, 6) is 2.10. The van der Waals surface area contributed by atoms with E-state index in [2.05, 4.69) is 36.7 Å². The highest BCUT2D eigenvalue weighted by molar-refractivity contribution is 9.10. The van der Waals surface area contributed by atoms with Gasteiger partial charge in [-0.25, -0.2) is 0 Å². The third-order valence-electron chi connectivity index (χ3n) is 3.40. The Labute approximate surface area is 122 Å². The molecule has 1 aliphatic rings. The predicted molar refractivity (Wildman–Crippen MR) is 78.3 cm³/mol. The standard InChI is InChI=1S/C15H19BrO3/c1-9(2)13-11(10(3)4-5-17)8-12-15(14(13)16)19-7-6-18-12/h5,8-10H,4,6-7H2,1-3H3. The summed E-state index contributed by atoms with van der Waals surface area (Å²) in [6.07, 6.45) is 1.49. The zero-order chi connectivity index (χ0) is 14.0. The van der Waals surface area contributed by atoms with Crippen molar-refractivity contribution < 1.29 is 14.3 Å². The number of rotatable bonds is 4. The molecule has 2 rings (SSSR count). The topological polar surface area (TPSA) is 35.5 Å². The molecular formula is C15H19BrO3. The van der Waals surface area contributed by atoms with Crippen molar-refractivity contribution in [2.24, 2.45) is 0 Å². The van der Waals surface area contributed by atoms with Crippen LogP contribution in [0.3, 0.4) is 0 Å². The Morgan fingerprint density at radius 3 is 2.63 bits per heavy atom. The number of carbonyl (C=O) groups excluding carboxylic acids is 1. The van der Waals surface area contributed by atoms with Crippen molar-refractivity contribution in [2.75, 3.05) is 13.2 Å². The van der Waals surface area contributed by atoms with Crippen LogP contribution in [0.4, 0.5) is 0 Å². The summed E-state index contributed by atoms with van der Waals surface area (Å²) in [6, 6.07) is 2.03. The lowest BCUT2D eigenvalue weighted by molar-refractivity contribution is -0.108. The van der Waals surface area contributed by atoms with Crippen LogP contribution in [-0.2, 0) is 4.79 Å². The molecule has 0 bridgehead atoms. The molecule has 104 valence electrons. The zero-order valence-corrected chi connectivity index (χ0v) is 13.1. The molecule has 1 aromatic rings. The second kappa shape index (κ2) is 5.95. The van der Waals surface area contributed by atoms with Gasteiger partial charge in [-0.15, -0.1) is 0 Å². The SMILES string of the molecule is CC(C)c1c(C(C)CC=O)cc2c(c1Br)OCCO2. The largest absolute Gasteiger partial charge is 0.486 e. The fraction of sp³-hybridized carbons (Fsp3) is 0.533. The van der Waals surface area contributed by atoms with Crippen LogP contribution in [0.1, 0.15) is 50.2 Å². The number of fused-ring (bicyclic) bond motifs is 1. The summed E-state index contributed by atoms with van der Waals surface area (Å²) in [6.45, 7) is 7.51. The molecule has 0 saturated heterocycles. The van der Waals surface area contributed by atoms with Crippen LogP contribution in [0.5, 0.6) is 11.5 Å². The average Bonchev–Trinajstić information content (AvgIpc) is 2.38. The van der Waals surface area contributed by atoms with Crippen LogP contribution in [0, 0.1) is 0 Å². The first-order valence-corrected chi connectivity index (χ1v) is 7.41. The third-order valence-corrected chi connectivity index (χ3v) is 4.19. The van der Waals surface area contributed by atoms with Crippen molar-refractivity contribution in [1.82, 2.24) is 0 Å². The second-order valence-electron chi connectivity index (χ2n) is 5.18. The molecule has 0 saturated carbocycles. The van der Waals surface area contributed by atoms with Gasteiger partial charge >= 0.3 is 0 Å². The molecule has 3 nitrogen and oxygen atoms in total. The van der Waals surface area contributed by atoms with Crippen LogP contribution in [0.25, 0.3) is 0 Å². The first-order valence-electron chi connectivity index (χ1n) is 6.61. The monoisotopic (exact) mass is 326 g/mol. The van der Waals surface area contributed by atoms with Gasteiger partial charge in [-0.2, -0.15) is 0 Å². The second-order valence-corrected chi connectivity index (χ2v) is 5.97. The Morgan fingerprint density at radius 1 is 1.32 bits per heavy atom. The predicted octanol–water partition coefficient (Wildman–Crippen LogP) is 4.04. The van der Waals surface area contributed by atoms with Gasteiger partial charge in [0, 0.05) is 6.42 Å². The molecule has 1 aromatic carbocycles. The van der Waals surface area contributed by atoms with Gasteiger partial charge in [-0.1, -0.05) is 20.8 Å². The molecule has 1 heterocycles. The Bertz CT molecular complexity index is 483. The van der Waals surface area contributed by atoms with Gasteiger partial charge in [-0.05, 0) is 45.0 Å². The van der Waals surface area contributed by atoms with Crippen molar-refractivity contribution >= 4 is 22.2 Å². The minimum Gasteiger partial charge on any atom is -0.486 e. The van der Waals surface area contributed by atoms with Crippen molar-refractivity contribution in [3.63, 3.8) is 0 Å². The Balaban J connectivity index is 2.57. The van der Waals surface area contributed by atoms with Crippen LogP contribution in [0.15, 0.2) is 10.5 Å². The zero-order valence-electron chi connectivity index (χ0n) is 11.5. The molecule has 1 unspecified atom stereocenters. The maximum atomic E-state index is 10.8. The Kier molecular flexibility index (Phi) is 4.50. The number of hydrogen-bond donors (Lipinski definition) is 0. The Hall–Kier alpha value is -1.03. The van der Waals surface area contributed by atoms with E-state index >= 15 is 0 Å². The van der Waals surface area contributed by atoms with Gasteiger partial charge in [-0.3, -0.25) is 0 Å². The molecule has 1 aliphatic heterocycles. The van der Waals surface area contributed by atoms with Crippen LogP contribution < -0.4 is 9.47 Å². The van der Waals surface area contributed by atoms with Gasteiger partial charge in [0.25, 0.3) is 0 Å². The van der Waals surface area contributed by atoms with E-state index < -0.39 is 0 Å². The molecule has 0 aliphatic carbocycles. The van der Waals surface area contributed by atoms with E-state index in [1.54, 1.807) is 0 Å².